The molecule has 0 aliphatic heterocycles. The van der Waals surface area contributed by atoms with E-state index < -0.39 is 0 Å². The van der Waals surface area contributed by atoms with Gasteiger partial charge in [-0.15, -0.1) is 0 Å². The molecule has 0 aliphatic carbocycles. The predicted molar refractivity (Wildman–Crippen MR) is 80.4 cm³/mol. The quantitative estimate of drug-likeness (QED) is 0.828. The summed E-state index contributed by atoms with van der Waals surface area (Å²) in [4.78, 5) is 11.6. The number of amides is 2. The van der Waals surface area contributed by atoms with Crippen LogP contribution in [0.25, 0.3) is 0 Å². The van der Waals surface area contributed by atoms with Gasteiger partial charge in [0.1, 0.15) is 18.2 Å². The molecule has 2 amide bonds. The first kappa shape index (κ1) is 15.1. The molecule has 2 aromatic carbocycles. The van der Waals surface area contributed by atoms with Crippen molar-refractivity contribution in [3.05, 3.63) is 59.4 Å². The summed E-state index contributed by atoms with van der Waals surface area (Å²) in [5, 5.41) is 5.73. The summed E-state index contributed by atoms with van der Waals surface area (Å²) in [6.45, 7) is 0.592. The van der Waals surface area contributed by atoms with Crippen LogP contribution in [0.4, 0.5) is 14.9 Å². The van der Waals surface area contributed by atoms with E-state index in [0.29, 0.717) is 23.0 Å². The number of ether oxygens (including phenoxy) is 1. The van der Waals surface area contributed by atoms with Crippen LogP contribution in [0.15, 0.2) is 48.5 Å². The molecule has 110 valence electrons. The molecule has 0 atom stereocenters. The Morgan fingerprint density at radius 2 is 1.86 bits per heavy atom. The minimum Gasteiger partial charge on any atom is -0.492 e. The molecule has 0 saturated carbocycles. The number of hydrogen-bond acceptors (Lipinski definition) is 2. The zero-order chi connectivity index (χ0) is 15.1. The Bertz CT molecular complexity index is 605. The van der Waals surface area contributed by atoms with Crippen LogP contribution in [0.5, 0.6) is 5.75 Å². The maximum atomic E-state index is 12.7. The third-order valence-electron chi connectivity index (χ3n) is 2.59. The first-order chi connectivity index (χ1) is 10.1. The van der Waals surface area contributed by atoms with Crippen molar-refractivity contribution < 1.29 is 13.9 Å². The number of carbonyl (C=O) groups excluding carboxylic acids is 1. The van der Waals surface area contributed by atoms with Gasteiger partial charge in [0.2, 0.25) is 0 Å². The monoisotopic (exact) mass is 308 g/mol. The number of anilines is 1. The van der Waals surface area contributed by atoms with E-state index in [2.05, 4.69) is 10.6 Å². The normalized spacial score (nSPS) is 10.0. The SMILES string of the molecule is O=C(NCCOc1ccc(F)cc1)Nc1ccccc1Cl. The number of hydrogen-bond donors (Lipinski definition) is 2. The molecule has 0 heterocycles. The second-order valence-electron chi connectivity index (χ2n) is 4.16. The van der Waals surface area contributed by atoms with Gasteiger partial charge in [-0.2, -0.15) is 0 Å². The maximum absolute atomic E-state index is 12.7. The number of rotatable bonds is 5. The van der Waals surface area contributed by atoms with E-state index in [0.717, 1.165) is 0 Å². The Labute approximate surface area is 126 Å². The number of para-hydroxylation sites is 1. The molecular weight excluding hydrogens is 295 g/mol. The van der Waals surface area contributed by atoms with Crippen molar-refractivity contribution in [2.45, 2.75) is 0 Å². The Morgan fingerprint density at radius 3 is 2.57 bits per heavy atom. The predicted octanol–water partition coefficient (Wildman–Crippen LogP) is 3.68. The minimum atomic E-state index is -0.370. The molecule has 0 aliphatic rings. The maximum Gasteiger partial charge on any atom is 0.319 e. The van der Waals surface area contributed by atoms with Gasteiger partial charge >= 0.3 is 6.03 Å². The van der Waals surface area contributed by atoms with Gasteiger partial charge in [0.25, 0.3) is 0 Å². The number of halogens is 2. The lowest BCUT2D eigenvalue weighted by Crippen LogP contribution is -2.32. The van der Waals surface area contributed by atoms with E-state index >= 15 is 0 Å². The molecule has 0 aromatic heterocycles. The van der Waals surface area contributed by atoms with Crippen LogP contribution in [0.2, 0.25) is 5.02 Å². The molecule has 2 aromatic rings. The lowest BCUT2D eigenvalue weighted by atomic mass is 10.3. The Hall–Kier alpha value is -2.27. The van der Waals surface area contributed by atoms with E-state index in [-0.39, 0.29) is 18.5 Å². The average molecular weight is 309 g/mol. The van der Waals surface area contributed by atoms with Gasteiger partial charge in [-0.1, -0.05) is 23.7 Å². The van der Waals surface area contributed by atoms with Crippen molar-refractivity contribution in [2.24, 2.45) is 0 Å². The van der Waals surface area contributed by atoms with E-state index in [1.807, 2.05) is 0 Å². The van der Waals surface area contributed by atoms with Gasteiger partial charge < -0.3 is 15.4 Å². The molecule has 0 bridgehead atoms. The molecule has 0 spiro atoms. The summed E-state index contributed by atoms with van der Waals surface area (Å²) in [5.41, 5.74) is 0.538. The minimum absolute atomic E-state index is 0.279. The highest BCUT2D eigenvalue weighted by atomic mass is 35.5. The summed E-state index contributed by atoms with van der Waals surface area (Å²) >= 11 is 5.92. The first-order valence-electron chi connectivity index (χ1n) is 6.33. The Balaban J connectivity index is 1.70. The molecule has 0 radical (unpaired) electrons. The summed E-state index contributed by atoms with van der Waals surface area (Å²) in [6.07, 6.45) is 0. The fourth-order valence-electron chi connectivity index (χ4n) is 1.59. The second-order valence-corrected chi connectivity index (χ2v) is 4.57. The molecule has 2 rings (SSSR count). The third-order valence-corrected chi connectivity index (χ3v) is 2.92. The summed E-state index contributed by atoms with van der Waals surface area (Å²) in [6, 6.07) is 12.3. The summed E-state index contributed by atoms with van der Waals surface area (Å²) < 4.78 is 18.0. The number of benzene rings is 2. The molecule has 21 heavy (non-hydrogen) atoms. The Kier molecular flexibility index (Phi) is 5.40. The van der Waals surface area contributed by atoms with Gasteiger partial charge in [-0.3, -0.25) is 0 Å². The second kappa shape index (κ2) is 7.50. The van der Waals surface area contributed by atoms with Gasteiger partial charge in [0.05, 0.1) is 17.3 Å². The van der Waals surface area contributed by atoms with Crippen LogP contribution in [0, 0.1) is 5.82 Å². The molecule has 4 nitrogen and oxygen atoms in total. The largest absolute Gasteiger partial charge is 0.492 e. The van der Waals surface area contributed by atoms with Gasteiger partial charge in [-0.05, 0) is 36.4 Å². The zero-order valence-electron chi connectivity index (χ0n) is 11.1. The van der Waals surface area contributed by atoms with Crippen LogP contribution >= 0.6 is 11.6 Å². The standard InChI is InChI=1S/C15H14ClFN2O2/c16-13-3-1-2-4-14(13)19-15(20)18-9-10-21-12-7-5-11(17)6-8-12/h1-8H,9-10H2,(H2,18,19,20). The topological polar surface area (TPSA) is 50.4 Å². The molecular formula is C15H14ClFN2O2. The van der Waals surface area contributed by atoms with Gasteiger partial charge in [-0.25, -0.2) is 9.18 Å². The smallest absolute Gasteiger partial charge is 0.319 e. The van der Waals surface area contributed by atoms with E-state index in [1.165, 1.54) is 24.3 Å². The van der Waals surface area contributed by atoms with Crippen molar-refractivity contribution >= 4 is 23.3 Å². The fourth-order valence-corrected chi connectivity index (χ4v) is 1.78. The van der Waals surface area contributed by atoms with Crippen LogP contribution in [-0.4, -0.2) is 19.2 Å². The Morgan fingerprint density at radius 1 is 1.14 bits per heavy atom. The summed E-state index contributed by atoms with van der Waals surface area (Å²) in [5.74, 6) is 0.226. The molecule has 0 saturated heterocycles. The third kappa shape index (κ3) is 4.96. The average Bonchev–Trinajstić information content (AvgIpc) is 2.48. The van der Waals surface area contributed by atoms with Crippen LogP contribution in [-0.2, 0) is 0 Å². The van der Waals surface area contributed by atoms with Gasteiger partial charge in [0.15, 0.2) is 0 Å². The van der Waals surface area contributed by atoms with Crippen molar-refractivity contribution in [3.8, 4) is 5.75 Å². The molecule has 6 heteroatoms. The lowest BCUT2D eigenvalue weighted by Gasteiger charge is -2.09. The van der Waals surface area contributed by atoms with Crippen LogP contribution < -0.4 is 15.4 Å². The highest BCUT2D eigenvalue weighted by Gasteiger charge is 2.04. The first-order valence-corrected chi connectivity index (χ1v) is 6.71. The van der Waals surface area contributed by atoms with E-state index in [4.69, 9.17) is 16.3 Å². The highest BCUT2D eigenvalue weighted by molar-refractivity contribution is 6.33. The summed E-state index contributed by atoms with van der Waals surface area (Å²) in [7, 11) is 0. The number of nitrogens with one attached hydrogen (secondary N) is 2. The number of urea groups is 1. The van der Waals surface area contributed by atoms with E-state index in [1.54, 1.807) is 24.3 Å². The van der Waals surface area contributed by atoms with Crippen LogP contribution in [0.3, 0.4) is 0 Å². The van der Waals surface area contributed by atoms with Crippen LogP contribution in [0.1, 0.15) is 0 Å². The van der Waals surface area contributed by atoms with Crippen molar-refractivity contribution in [1.82, 2.24) is 5.32 Å². The van der Waals surface area contributed by atoms with Crippen molar-refractivity contribution in [1.29, 1.82) is 0 Å². The molecule has 0 unspecified atom stereocenters. The van der Waals surface area contributed by atoms with Crippen molar-refractivity contribution in [2.75, 3.05) is 18.5 Å². The fraction of sp³-hybridized carbons (Fsp3) is 0.133. The van der Waals surface area contributed by atoms with E-state index in [9.17, 15) is 9.18 Å². The lowest BCUT2D eigenvalue weighted by molar-refractivity contribution is 0.247. The number of carbonyl (C=O) groups is 1. The van der Waals surface area contributed by atoms with Gasteiger partial charge in [0, 0.05) is 0 Å². The van der Waals surface area contributed by atoms with Crippen molar-refractivity contribution in [3.63, 3.8) is 0 Å². The molecule has 0 fully saturated rings. The zero-order valence-corrected chi connectivity index (χ0v) is 11.9. The molecule has 2 N–H and O–H groups in total. The highest BCUT2D eigenvalue weighted by Crippen LogP contribution is 2.19.